The topological polar surface area (TPSA) is 67.6 Å². The van der Waals surface area contributed by atoms with Gasteiger partial charge in [0, 0.05) is 41.8 Å². The number of pyridine rings is 1. The van der Waals surface area contributed by atoms with Crippen LogP contribution in [0.25, 0.3) is 11.0 Å². The summed E-state index contributed by atoms with van der Waals surface area (Å²) in [6.45, 7) is 5.11. The van der Waals surface area contributed by atoms with Gasteiger partial charge >= 0.3 is 0 Å². The van der Waals surface area contributed by atoms with Crippen molar-refractivity contribution in [2.45, 2.75) is 19.9 Å². The number of nitrogens with zero attached hydrogens (tertiary/aromatic N) is 2. The molecule has 0 spiro atoms. The van der Waals surface area contributed by atoms with Crippen LogP contribution in [-0.2, 0) is 17.7 Å². The number of nitrogens with one attached hydrogen (secondary N) is 1. The van der Waals surface area contributed by atoms with Gasteiger partial charge in [0.2, 0.25) is 0 Å². The van der Waals surface area contributed by atoms with Gasteiger partial charge < -0.3 is 19.4 Å². The summed E-state index contributed by atoms with van der Waals surface area (Å²) in [7, 11) is 0. The van der Waals surface area contributed by atoms with Gasteiger partial charge in [-0.25, -0.2) is 0 Å². The summed E-state index contributed by atoms with van der Waals surface area (Å²) < 4.78 is 11.4. The maximum atomic E-state index is 13.4. The molecule has 4 aromatic rings. The molecule has 34 heavy (non-hydrogen) atoms. The minimum Gasteiger partial charge on any atom is -0.464 e. The lowest BCUT2D eigenvalue weighted by atomic mass is 9.98. The van der Waals surface area contributed by atoms with E-state index in [1.807, 2.05) is 54.3 Å². The molecule has 0 bridgehead atoms. The van der Waals surface area contributed by atoms with Gasteiger partial charge in [-0.15, -0.1) is 0 Å². The number of hydrogen-bond acceptors (Lipinski definition) is 5. The van der Waals surface area contributed by atoms with E-state index in [4.69, 9.17) is 9.15 Å². The average Bonchev–Trinajstić information content (AvgIpc) is 3.21. The molecule has 3 heterocycles. The molecule has 0 aliphatic carbocycles. The highest BCUT2D eigenvalue weighted by atomic mass is 16.5. The second-order valence-corrected chi connectivity index (χ2v) is 8.89. The van der Waals surface area contributed by atoms with Gasteiger partial charge in [-0.05, 0) is 60.9 Å². The quantitative estimate of drug-likeness (QED) is 0.439. The van der Waals surface area contributed by atoms with E-state index in [0.717, 1.165) is 34.3 Å². The summed E-state index contributed by atoms with van der Waals surface area (Å²) in [5.74, 6) is 0.268. The molecular formula is C28H29N3O3. The Morgan fingerprint density at radius 1 is 1.15 bits per heavy atom. The van der Waals surface area contributed by atoms with Crippen LogP contribution in [0.1, 0.15) is 27.2 Å². The number of furan rings is 1. The lowest BCUT2D eigenvalue weighted by molar-refractivity contribution is 0.0737. The summed E-state index contributed by atoms with van der Waals surface area (Å²) in [5, 5.41) is 4.53. The number of carbonyl (C=O) groups excluding carboxylic acids is 1. The van der Waals surface area contributed by atoms with Gasteiger partial charge in [-0.3, -0.25) is 9.78 Å². The molecule has 1 aliphatic heterocycles. The van der Waals surface area contributed by atoms with E-state index in [0.29, 0.717) is 38.4 Å². The van der Waals surface area contributed by atoms with Gasteiger partial charge in [0.15, 0.2) is 0 Å². The Kier molecular flexibility index (Phi) is 6.58. The first-order chi connectivity index (χ1) is 16.7. The van der Waals surface area contributed by atoms with Crippen molar-refractivity contribution in [3.63, 3.8) is 0 Å². The molecule has 2 aromatic heterocycles. The fourth-order valence-corrected chi connectivity index (χ4v) is 4.46. The summed E-state index contributed by atoms with van der Waals surface area (Å²) in [5.41, 5.74) is 5.78. The van der Waals surface area contributed by atoms with Crippen molar-refractivity contribution >= 4 is 22.6 Å². The second kappa shape index (κ2) is 10.1. The standard InChI is InChI=1S/C28H29N3O3/c1-20-5-7-24(16-26(20)30-17-25-4-2-3-10-29-25)28(32)31-11-13-33-19-22(18-31)14-21-6-8-23-9-12-34-27(23)15-21/h2-10,12,15-16,22,30H,11,13-14,17-19H2,1H3/t22-/m1/s1. The number of benzene rings is 2. The van der Waals surface area contributed by atoms with E-state index in [2.05, 4.69) is 28.5 Å². The van der Waals surface area contributed by atoms with Crippen molar-refractivity contribution in [1.29, 1.82) is 0 Å². The molecule has 1 aliphatic rings. The molecule has 0 radical (unpaired) electrons. The van der Waals surface area contributed by atoms with Crippen LogP contribution < -0.4 is 5.32 Å². The Morgan fingerprint density at radius 2 is 2.09 bits per heavy atom. The Labute approximate surface area is 199 Å². The number of aromatic nitrogens is 1. The molecule has 1 saturated heterocycles. The van der Waals surface area contributed by atoms with Crippen LogP contribution in [0.4, 0.5) is 5.69 Å². The highest BCUT2D eigenvalue weighted by Gasteiger charge is 2.24. The van der Waals surface area contributed by atoms with Crippen LogP contribution in [0.5, 0.6) is 0 Å². The zero-order valence-electron chi connectivity index (χ0n) is 19.4. The molecule has 0 unspecified atom stereocenters. The number of aryl methyl sites for hydroxylation is 1. The highest BCUT2D eigenvalue weighted by Crippen LogP contribution is 2.23. The van der Waals surface area contributed by atoms with Crippen molar-refractivity contribution in [2.24, 2.45) is 5.92 Å². The first-order valence-corrected chi connectivity index (χ1v) is 11.7. The molecule has 1 N–H and O–H groups in total. The Balaban J connectivity index is 1.27. The largest absolute Gasteiger partial charge is 0.464 e. The number of anilines is 1. The van der Waals surface area contributed by atoms with E-state index in [1.165, 1.54) is 5.56 Å². The Hall–Kier alpha value is -3.64. The van der Waals surface area contributed by atoms with E-state index >= 15 is 0 Å². The van der Waals surface area contributed by atoms with Crippen LogP contribution in [0.2, 0.25) is 0 Å². The molecule has 2 aromatic carbocycles. The van der Waals surface area contributed by atoms with E-state index < -0.39 is 0 Å². The molecule has 1 fully saturated rings. The van der Waals surface area contributed by atoms with E-state index in [1.54, 1.807) is 12.5 Å². The maximum Gasteiger partial charge on any atom is 0.254 e. The summed E-state index contributed by atoms with van der Waals surface area (Å²) >= 11 is 0. The minimum atomic E-state index is 0.0397. The smallest absolute Gasteiger partial charge is 0.254 e. The molecule has 6 nitrogen and oxygen atoms in total. The molecular weight excluding hydrogens is 426 g/mol. The van der Waals surface area contributed by atoms with Crippen molar-refractivity contribution in [2.75, 3.05) is 31.6 Å². The van der Waals surface area contributed by atoms with Gasteiger partial charge in [0.25, 0.3) is 5.91 Å². The van der Waals surface area contributed by atoms with Gasteiger partial charge in [-0.1, -0.05) is 24.3 Å². The van der Waals surface area contributed by atoms with Gasteiger partial charge in [0.05, 0.1) is 31.7 Å². The first kappa shape index (κ1) is 22.2. The molecule has 174 valence electrons. The number of amides is 1. The second-order valence-electron chi connectivity index (χ2n) is 8.89. The number of ether oxygens (including phenoxy) is 1. The lowest BCUT2D eigenvalue weighted by Crippen LogP contribution is -2.36. The minimum absolute atomic E-state index is 0.0397. The zero-order chi connectivity index (χ0) is 23.3. The van der Waals surface area contributed by atoms with Crippen LogP contribution in [0.3, 0.4) is 0 Å². The number of carbonyl (C=O) groups is 1. The number of rotatable bonds is 6. The highest BCUT2D eigenvalue weighted by molar-refractivity contribution is 5.95. The van der Waals surface area contributed by atoms with Gasteiger partial charge in [0.1, 0.15) is 5.58 Å². The van der Waals surface area contributed by atoms with Crippen LogP contribution in [0.15, 0.2) is 77.5 Å². The SMILES string of the molecule is Cc1ccc(C(=O)N2CCOC[C@H](Cc3ccc4ccoc4c3)C2)cc1NCc1ccccn1. The van der Waals surface area contributed by atoms with Crippen molar-refractivity contribution in [3.05, 3.63) is 95.5 Å². The fraction of sp³-hybridized carbons (Fsp3) is 0.286. The number of fused-ring (bicyclic) bond motifs is 1. The summed E-state index contributed by atoms with van der Waals surface area (Å²) in [4.78, 5) is 19.7. The first-order valence-electron chi connectivity index (χ1n) is 11.7. The van der Waals surface area contributed by atoms with Gasteiger partial charge in [-0.2, -0.15) is 0 Å². The van der Waals surface area contributed by atoms with Crippen LogP contribution in [-0.4, -0.2) is 42.1 Å². The molecule has 6 heteroatoms. The predicted molar refractivity (Wildman–Crippen MR) is 133 cm³/mol. The molecule has 1 amide bonds. The fourth-order valence-electron chi connectivity index (χ4n) is 4.46. The van der Waals surface area contributed by atoms with E-state index in [-0.39, 0.29) is 11.8 Å². The predicted octanol–water partition coefficient (Wildman–Crippen LogP) is 5.08. The monoisotopic (exact) mass is 455 g/mol. The molecule has 0 saturated carbocycles. The van der Waals surface area contributed by atoms with Crippen molar-refractivity contribution in [1.82, 2.24) is 9.88 Å². The average molecular weight is 456 g/mol. The lowest BCUT2D eigenvalue weighted by Gasteiger charge is -2.24. The van der Waals surface area contributed by atoms with Crippen molar-refractivity contribution in [3.8, 4) is 0 Å². The zero-order valence-corrected chi connectivity index (χ0v) is 19.4. The normalized spacial score (nSPS) is 16.4. The summed E-state index contributed by atoms with van der Waals surface area (Å²) in [6.07, 6.45) is 4.34. The third-order valence-corrected chi connectivity index (χ3v) is 6.34. The van der Waals surface area contributed by atoms with Crippen molar-refractivity contribution < 1.29 is 13.9 Å². The summed E-state index contributed by atoms with van der Waals surface area (Å²) in [6, 6.07) is 20.0. The maximum absolute atomic E-state index is 13.4. The molecule has 5 rings (SSSR count). The Bertz CT molecular complexity index is 1270. The third-order valence-electron chi connectivity index (χ3n) is 6.34. The van der Waals surface area contributed by atoms with Crippen LogP contribution >= 0.6 is 0 Å². The molecule has 1 atom stereocenters. The van der Waals surface area contributed by atoms with Crippen LogP contribution in [0, 0.1) is 12.8 Å². The van der Waals surface area contributed by atoms with E-state index in [9.17, 15) is 4.79 Å². The number of hydrogen-bond donors (Lipinski definition) is 1. The third kappa shape index (κ3) is 5.13. The Morgan fingerprint density at radius 3 is 2.97 bits per heavy atom.